The van der Waals surface area contributed by atoms with Gasteiger partial charge in [0.05, 0.1) is 13.2 Å². The molecule has 2 amide bonds. The van der Waals surface area contributed by atoms with E-state index in [1.54, 1.807) is 24.0 Å². The molecule has 24 heavy (non-hydrogen) atoms. The number of hydrogen-bond acceptors (Lipinski definition) is 5. The number of amides is 2. The van der Waals surface area contributed by atoms with Gasteiger partial charge in [-0.05, 0) is 19.1 Å². The molecule has 7 nitrogen and oxygen atoms in total. The van der Waals surface area contributed by atoms with Gasteiger partial charge in [-0.2, -0.15) is 0 Å². The van der Waals surface area contributed by atoms with Crippen molar-refractivity contribution in [2.45, 2.75) is 6.92 Å². The van der Waals surface area contributed by atoms with Crippen molar-refractivity contribution in [3.63, 3.8) is 0 Å². The minimum atomic E-state index is -0.430. The van der Waals surface area contributed by atoms with E-state index in [-0.39, 0.29) is 25.6 Å². The first-order valence-electron chi connectivity index (χ1n) is 8.06. The molecule has 0 aliphatic carbocycles. The molecule has 1 fully saturated rings. The minimum absolute atomic E-state index is 0.106. The first-order chi connectivity index (χ1) is 11.6. The van der Waals surface area contributed by atoms with Gasteiger partial charge >= 0.3 is 5.97 Å². The van der Waals surface area contributed by atoms with Crippen LogP contribution in [0.2, 0.25) is 0 Å². The van der Waals surface area contributed by atoms with E-state index in [4.69, 9.17) is 4.74 Å². The summed E-state index contributed by atoms with van der Waals surface area (Å²) in [7, 11) is 0. The van der Waals surface area contributed by atoms with Crippen LogP contribution < -0.4 is 4.90 Å². The topological polar surface area (TPSA) is 70.2 Å². The van der Waals surface area contributed by atoms with Crippen molar-refractivity contribution in [1.29, 1.82) is 0 Å². The van der Waals surface area contributed by atoms with E-state index in [2.05, 4.69) is 0 Å². The average molecular weight is 333 g/mol. The maximum atomic E-state index is 12.7. The molecular weight excluding hydrogens is 310 g/mol. The summed E-state index contributed by atoms with van der Waals surface area (Å²) in [5.41, 5.74) is 0.669. The average Bonchev–Trinajstić information content (AvgIpc) is 2.61. The third-order valence-electron chi connectivity index (χ3n) is 3.88. The van der Waals surface area contributed by atoms with Crippen molar-refractivity contribution in [3.8, 4) is 0 Å². The molecule has 0 atom stereocenters. The number of para-hydroxylation sites is 1. The molecular formula is C17H23N3O4. The lowest BCUT2D eigenvalue weighted by Gasteiger charge is -2.33. The number of ether oxygens (including phenoxy) is 1. The number of rotatable bonds is 7. The predicted molar refractivity (Wildman–Crippen MR) is 89.5 cm³/mol. The molecule has 130 valence electrons. The number of nitrogens with zero attached hydrogens (tertiary/aromatic N) is 3. The molecule has 2 rings (SSSR count). The Balaban J connectivity index is 2.02. The monoisotopic (exact) mass is 333 g/mol. The Morgan fingerprint density at radius 1 is 1.17 bits per heavy atom. The maximum absolute atomic E-state index is 12.7. The second-order valence-corrected chi connectivity index (χ2v) is 5.54. The summed E-state index contributed by atoms with van der Waals surface area (Å²) >= 11 is 0. The van der Waals surface area contributed by atoms with Crippen LogP contribution in [0.25, 0.3) is 0 Å². The van der Waals surface area contributed by atoms with Crippen molar-refractivity contribution in [2.24, 2.45) is 0 Å². The van der Waals surface area contributed by atoms with Gasteiger partial charge in [0.2, 0.25) is 12.3 Å². The number of benzene rings is 1. The normalized spacial score (nSPS) is 15.0. The van der Waals surface area contributed by atoms with E-state index in [1.807, 2.05) is 23.1 Å². The lowest BCUT2D eigenvalue weighted by atomic mass is 10.2. The van der Waals surface area contributed by atoms with Crippen molar-refractivity contribution >= 4 is 24.0 Å². The third-order valence-corrected chi connectivity index (χ3v) is 3.88. The third kappa shape index (κ3) is 5.06. The fraction of sp³-hybridized carbons (Fsp3) is 0.471. The first kappa shape index (κ1) is 17.9. The van der Waals surface area contributed by atoms with Gasteiger partial charge < -0.3 is 14.5 Å². The summed E-state index contributed by atoms with van der Waals surface area (Å²) in [5, 5.41) is 0. The lowest BCUT2D eigenvalue weighted by molar-refractivity contribution is -0.142. The second-order valence-electron chi connectivity index (χ2n) is 5.54. The Labute approximate surface area is 141 Å². The Hall–Kier alpha value is -2.41. The van der Waals surface area contributed by atoms with Crippen LogP contribution in [0, 0.1) is 0 Å². The molecule has 1 saturated heterocycles. The fourth-order valence-electron chi connectivity index (χ4n) is 2.57. The van der Waals surface area contributed by atoms with E-state index in [0.29, 0.717) is 31.9 Å². The second kappa shape index (κ2) is 9.02. The molecule has 0 radical (unpaired) electrons. The molecule has 1 aromatic carbocycles. The van der Waals surface area contributed by atoms with Gasteiger partial charge in [0.1, 0.15) is 6.54 Å². The van der Waals surface area contributed by atoms with Crippen LogP contribution in [-0.2, 0) is 19.1 Å². The zero-order chi connectivity index (χ0) is 17.4. The quantitative estimate of drug-likeness (QED) is 0.532. The lowest BCUT2D eigenvalue weighted by Crippen LogP contribution is -2.50. The Morgan fingerprint density at radius 3 is 2.42 bits per heavy atom. The molecule has 0 bridgehead atoms. The standard InChI is InChI=1S/C17H23N3O4/c1-2-24-17(23)13-20(15-6-4-3-5-7-15)16(22)12-18-8-10-19(14-21)11-9-18/h3-7,14H,2,8-13H2,1H3. The van der Waals surface area contributed by atoms with Gasteiger partial charge in [-0.3, -0.25) is 19.3 Å². The van der Waals surface area contributed by atoms with Crippen LogP contribution in [0.15, 0.2) is 30.3 Å². The van der Waals surface area contributed by atoms with Crippen LogP contribution in [0.3, 0.4) is 0 Å². The highest BCUT2D eigenvalue weighted by atomic mass is 16.5. The van der Waals surface area contributed by atoms with Gasteiger partial charge in [-0.1, -0.05) is 18.2 Å². The molecule has 0 spiro atoms. The van der Waals surface area contributed by atoms with E-state index in [0.717, 1.165) is 6.41 Å². The molecule has 1 heterocycles. The molecule has 1 aromatic rings. The number of hydrogen-bond donors (Lipinski definition) is 0. The van der Waals surface area contributed by atoms with Gasteiger partial charge in [-0.15, -0.1) is 0 Å². The zero-order valence-corrected chi connectivity index (χ0v) is 13.9. The van der Waals surface area contributed by atoms with Gasteiger partial charge in [0, 0.05) is 31.9 Å². The van der Waals surface area contributed by atoms with Crippen LogP contribution in [0.1, 0.15) is 6.92 Å². The summed E-state index contributed by atoms with van der Waals surface area (Å²) in [6, 6.07) is 9.09. The number of carbonyl (C=O) groups is 3. The number of anilines is 1. The number of carbonyl (C=O) groups excluding carboxylic acids is 3. The fourth-order valence-corrected chi connectivity index (χ4v) is 2.57. The Bertz CT molecular complexity index is 556. The SMILES string of the molecule is CCOC(=O)CN(C(=O)CN1CCN(C=O)CC1)c1ccccc1. The van der Waals surface area contributed by atoms with Gasteiger partial charge in [-0.25, -0.2) is 0 Å². The first-order valence-corrected chi connectivity index (χ1v) is 8.06. The van der Waals surface area contributed by atoms with Crippen LogP contribution in [-0.4, -0.2) is 74.0 Å². The predicted octanol–water partition coefficient (Wildman–Crippen LogP) is 0.357. The van der Waals surface area contributed by atoms with Crippen molar-refractivity contribution < 1.29 is 19.1 Å². The van der Waals surface area contributed by atoms with Crippen LogP contribution >= 0.6 is 0 Å². The summed E-state index contributed by atoms with van der Waals surface area (Å²) in [6.07, 6.45) is 0.830. The maximum Gasteiger partial charge on any atom is 0.326 e. The van der Waals surface area contributed by atoms with E-state index in [1.165, 1.54) is 4.90 Å². The highest BCUT2D eigenvalue weighted by molar-refractivity contribution is 5.98. The summed E-state index contributed by atoms with van der Waals surface area (Å²) in [5.74, 6) is -0.589. The summed E-state index contributed by atoms with van der Waals surface area (Å²) in [6.45, 7) is 4.63. The van der Waals surface area contributed by atoms with Crippen molar-refractivity contribution in [2.75, 3.05) is 50.8 Å². The zero-order valence-electron chi connectivity index (χ0n) is 13.9. The molecule has 0 N–H and O–H groups in total. The van der Waals surface area contributed by atoms with Gasteiger partial charge in [0.15, 0.2) is 0 Å². The number of piperazine rings is 1. The Kier molecular flexibility index (Phi) is 6.74. The molecule has 0 aromatic heterocycles. The van der Waals surface area contributed by atoms with Crippen LogP contribution in [0.5, 0.6) is 0 Å². The molecule has 1 aliphatic rings. The number of esters is 1. The highest BCUT2D eigenvalue weighted by Crippen LogP contribution is 2.14. The smallest absolute Gasteiger partial charge is 0.326 e. The molecule has 0 unspecified atom stereocenters. The minimum Gasteiger partial charge on any atom is -0.465 e. The molecule has 1 aliphatic heterocycles. The summed E-state index contributed by atoms with van der Waals surface area (Å²) in [4.78, 5) is 40.4. The Morgan fingerprint density at radius 2 is 1.83 bits per heavy atom. The van der Waals surface area contributed by atoms with E-state index in [9.17, 15) is 14.4 Å². The van der Waals surface area contributed by atoms with E-state index < -0.39 is 5.97 Å². The van der Waals surface area contributed by atoms with E-state index >= 15 is 0 Å². The van der Waals surface area contributed by atoms with Crippen molar-refractivity contribution in [1.82, 2.24) is 9.80 Å². The highest BCUT2D eigenvalue weighted by Gasteiger charge is 2.24. The molecule has 0 saturated carbocycles. The molecule has 7 heteroatoms. The van der Waals surface area contributed by atoms with Crippen molar-refractivity contribution in [3.05, 3.63) is 30.3 Å². The summed E-state index contributed by atoms with van der Waals surface area (Å²) < 4.78 is 4.97. The largest absolute Gasteiger partial charge is 0.465 e. The van der Waals surface area contributed by atoms with Crippen LogP contribution in [0.4, 0.5) is 5.69 Å². The van der Waals surface area contributed by atoms with Gasteiger partial charge in [0.25, 0.3) is 0 Å².